The molecule has 2 aromatic rings. The van der Waals surface area contributed by atoms with Gasteiger partial charge in [-0.25, -0.2) is 0 Å². The van der Waals surface area contributed by atoms with Crippen molar-refractivity contribution in [2.45, 2.75) is 6.92 Å². The molecule has 78 valence electrons. The third kappa shape index (κ3) is 2.26. The number of H-pyrrole nitrogens is 1. The van der Waals surface area contributed by atoms with Crippen LogP contribution in [0.4, 0.5) is 0 Å². The van der Waals surface area contributed by atoms with Gasteiger partial charge in [-0.3, -0.25) is 0 Å². The molecule has 0 spiro atoms. The van der Waals surface area contributed by atoms with Crippen LogP contribution in [0.2, 0.25) is 10.0 Å². The summed E-state index contributed by atoms with van der Waals surface area (Å²) in [5.74, 6) is 0. The highest BCUT2D eigenvalue weighted by Gasteiger charge is 2.09. The van der Waals surface area contributed by atoms with Gasteiger partial charge in [0.15, 0.2) is 3.95 Å². The first-order chi connectivity index (χ1) is 7.08. The Morgan fingerprint density at radius 1 is 1.33 bits per heavy atom. The Morgan fingerprint density at radius 2 is 2.07 bits per heavy atom. The fourth-order valence-corrected chi connectivity index (χ4v) is 3.03. The fraction of sp³-hybridized carbons (Fsp3) is 0.100. The summed E-state index contributed by atoms with van der Waals surface area (Å²) < 4.78 is 0.758. The van der Waals surface area contributed by atoms with E-state index >= 15 is 0 Å². The zero-order chi connectivity index (χ0) is 11.0. The zero-order valence-corrected chi connectivity index (χ0v) is 10.9. The van der Waals surface area contributed by atoms with Gasteiger partial charge in [-0.15, -0.1) is 11.3 Å². The van der Waals surface area contributed by atoms with Crippen molar-refractivity contribution >= 4 is 46.8 Å². The van der Waals surface area contributed by atoms with E-state index in [4.69, 9.17) is 35.4 Å². The maximum atomic E-state index is 6.11. The normalized spacial score (nSPS) is 10.6. The maximum absolute atomic E-state index is 6.11. The van der Waals surface area contributed by atoms with E-state index in [1.54, 1.807) is 17.4 Å². The number of aromatic amines is 1. The van der Waals surface area contributed by atoms with Crippen LogP contribution in [0.3, 0.4) is 0 Å². The smallest absolute Gasteiger partial charge is 0.159 e. The lowest BCUT2D eigenvalue weighted by atomic mass is 10.1. The molecule has 0 aliphatic carbocycles. The van der Waals surface area contributed by atoms with Crippen molar-refractivity contribution in [2.75, 3.05) is 0 Å². The van der Waals surface area contributed by atoms with Gasteiger partial charge in [0.1, 0.15) is 0 Å². The van der Waals surface area contributed by atoms with Crippen LogP contribution in [-0.2, 0) is 0 Å². The van der Waals surface area contributed by atoms with Crippen molar-refractivity contribution in [1.29, 1.82) is 0 Å². The molecular formula is C10H7Cl2NS2. The summed E-state index contributed by atoms with van der Waals surface area (Å²) >= 11 is 18.6. The highest BCUT2D eigenvalue weighted by molar-refractivity contribution is 7.73. The minimum absolute atomic E-state index is 0.634. The van der Waals surface area contributed by atoms with Crippen LogP contribution in [0, 0.1) is 10.9 Å². The van der Waals surface area contributed by atoms with Crippen LogP contribution in [0.15, 0.2) is 18.2 Å². The van der Waals surface area contributed by atoms with E-state index in [2.05, 4.69) is 4.98 Å². The Balaban J connectivity index is 2.64. The number of aromatic nitrogens is 1. The summed E-state index contributed by atoms with van der Waals surface area (Å²) in [6.07, 6.45) is 0. The van der Waals surface area contributed by atoms with E-state index in [1.807, 2.05) is 19.1 Å². The summed E-state index contributed by atoms with van der Waals surface area (Å²) in [6.45, 7) is 2.01. The quantitative estimate of drug-likeness (QED) is 0.717. The van der Waals surface area contributed by atoms with E-state index in [1.165, 1.54) is 0 Å². The Kier molecular flexibility index (Phi) is 3.16. The molecule has 0 bridgehead atoms. The molecule has 0 unspecified atom stereocenters. The molecule has 0 atom stereocenters. The molecular weight excluding hydrogens is 269 g/mol. The van der Waals surface area contributed by atoms with Crippen molar-refractivity contribution in [1.82, 2.24) is 4.98 Å². The van der Waals surface area contributed by atoms with E-state index in [-0.39, 0.29) is 0 Å². The predicted octanol–water partition coefficient (Wildman–Crippen LogP) is 5.09. The number of rotatable bonds is 1. The number of nitrogens with one attached hydrogen (secondary N) is 1. The molecule has 0 amide bonds. The monoisotopic (exact) mass is 275 g/mol. The van der Waals surface area contributed by atoms with E-state index in [9.17, 15) is 0 Å². The number of benzene rings is 1. The van der Waals surface area contributed by atoms with Crippen molar-refractivity contribution in [3.05, 3.63) is 37.1 Å². The van der Waals surface area contributed by atoms with Gasteiger partial charge in [-0.2, -0.15) is 0 Å². The molecule has 1 nitrogen and oxygen atoms in total. The molecule has 1 heterocycles. The van der Waals surface area contributed by atoms with Gasteiger partial charge in [0.05, 0.1) is 10.7 Å². The Labute approximate surface area is 107 Å². The number of halogens is 2. The molecule has 1 aromatic heterocycles. The summed E-state index contributed by atoms with van der Waals surface area (Å²) in [6, 6.07) is 5.44. The second kappa shape index (κ2) is 4.26. The van der Waals surface area contributed by atoms with Crippen LogP contribution in [0.1, 0.15) is 4.88 Å². The van der Waals surface area contributed by atoms with Crippen molar-refractivity contribution in [3.8, 4) is 11.3 Å². The molecule has 0 aliphatic rings. The topological polar surface area (TPSA) is 15.8 Å². The van der Waals surface area contributed by atoms with Gasteiger partial charge < -0.3 is 4.98 Å². The number of hydrogen-bond donors (Lipinski definition) is 1. The van der Waals surface area contributed by atoms with Crippen molar-refractivity contribution in [2.24, 2.45) is 0 Å². The van der Waals surface area contributed by atoms with Gasteiger partial charge in [0.2, 0.25) is 0 Å². The minimum Gasteiger partial charge on any atom is -0.337 e. The standard InChI is InChI=1S/C10H7Cl2NS2/c1-5-9(13-10(14)15-5)7-3-2-6(11)4-8(7)12/h2-4H,1H3,(H,13,14). The first-order valence-electron chi connectivity index (χ1n) is 4.23. The van der Waals surface area contributed by atoms with Crippen molar-refractivity contribution in [3.63, 3.8) is 0 Å². The summed E-state index contributed by atoms with van der Waals surface area (Å²) in [5.41, 5.74) is 1.91. The summed E-state index contributed by atoms with van der Waals surface area (Å²) in [4.78, 5) is 4.26. The Hall–Kier alpha value is -0.350. The highest BCUT2D eigenvalue weighted by Crippen LogP contribution is 2.32. The number of thiazole rings is 1. The van der Waals surface area contributed by atoms with Crippen LogP contribution < -0.4 is 0 Å². The molecule has 5 heteroatoms. The first-order valence-corrected chi connectivity index (χ1v) is 6.21. The van der Waals surface area contributed by atoms with E-state index < -0.39 is 0 Å². The molecule has 2 rings (SSSR count). The maximum Gasteiger partial charge on any atom is 0.159 e. The molecule has 0 saturated heterocycles. The van der Waals surface area contributed by atoms with Gasteiger partial charge in [-0.1, -0.05) is 23.2 Å². The largest absolute Gasteiger partial charge is 0.337 e. The third-order valence-electron chi connectivity index (χ3n) is 2.03. The molecule has 0 fully saturated rings. The predicted molar refractivity (Wildman–Crippen MR) is 69.7 cm³/mol. The highest BCUT2D eigenvalue weighted by atomic mass is 35.5. The van der Waals surface area contributed by atoms with Crippen LogP contribution in [0.25, 0.3) is 11.3 Å². The lowest BCUT2D eigenvalue weighted by Crippen LogP contribution is -1.82. The second-order valence-electron chi connectivity index (χ2n) is 3.07. The first kappa shape index (κ1) is 11.1. The van der Waals surface area contributed by atoms with Gasteiger partial charge in [0.25, 0.3) is 0 Å². The molecule has 1 N–H and O–H groups in total. The molecule has 0 radical (unpaired) electrons. The Bertz CT molecular complexity index is 557. The van der Waals surface area contributed by atoms with E-state index in [0.717, 1.165) is 20.1 Å². The summed E-state index contributed by atoms with van der Waals surface area (Å²) in [5, 5.41) is 1.27. The van der Waals surface area contributed by atoms with Crippen LogP contribution in [0.5, 0.6) is 0 Å². The number of aryl methyl sites for hydroxylation is 1. The molecule has 1 aromatic carbocycles. The van der Waals surface area contributed by atoms with Gasteiger partial charge in [-0.05, 0) is 37.3 Å². The second-order valence-corrected chi connectivity index (χ2v) is 5.80. The Morgan fingerprint density at radius 3 is 2.60 bits per heavy atom. The minimum atomic E-state index is 0.634. The number of hydrogen-bond acceptors (Lipinski definition) is 2. The van der Waals surface area contributed by atoms with Crippen LogP contribution in [-0.4, -0.2) is 4.98 Å². The van der Waals surface area contributed by atoms with Crippen LogP contribution >= 0.6 is 46.8 Å². The van der Waals surface area contributed by atoms with E-state index in [0.29, 0.717) is 10.0 Å². The third-order valence-corrected chi connectivity index (χ3v) is 3.72. The lowest BCUT2D eigenvalue weighted by Gasteiger charge is -2.03. The zero-order valence-electron chi connectivity index (χ0n) is 7.80. The molecule has 15 heavy (non-hydrogen) atoms. The molecule has 0 saturated carbocycles. The van der Waals surface area contributed by atoms with Gasteiger partial charge >= 0.3 is 0 Å². The lowest BCUT2D eigenvalue weighted by molar-refractivity contribution is 1.36. The summed E-state index contributed by atoms with van der Waals surface area (Å²) in [7, 11) is 0. The fourth-order valence-electron chi connectivity index (χ4n) is 1.35. The average molecular weight is 276 g/mol. The average Bonchev–Trinajstić information content (AvgIpc) is 2.45. The van der Waals surface area contributed by atoms with Crippen molar-refractivity contribution < 1.29 is 0 Å². The van der Waals surface area contributed by atoms with Gasteiger partial charge in [0, 0.05) is 15.5 Å². The SMILES string of the molecule is Cc1sc(=S)[nH]c1-c1ccc(Cl)cc1Cl. The molecule has 0 aliphatic heterocycles.